The summed E-state index contributed by atoms with van der Waals surface area (Å²) in [6, 6.07) is 3.16. The van der Waals surface area contributed by atoms with E-state index in [1.807, 2.05) is 0 Å². The van der Waals surface area contributed by atoms with Gasteiger partial charge in [0, 0.05) is 24.8 Å². The van der Waals surface area contributed by atoms with Crippen LogP contribution in [0.5, 0.6) is 0 Å². The number of alkyl halides is 3. The van der Waals surface area contributed by atoms with Crippen molar-refractivity contribution in [1.82, 2.24) is 15.1 Å². The zero-order chi connectivity index (χ0) is 17.0. The van der Waals surface area contributed by atoms with E-state index in [4.69, 9.17) is 11.6 Å². The van der Waals surface area contributed by atoms with E-state index in [1.54, 1.807) is 6.20 Å². The number of hydrogen-bond donors (Lipinski definition) is 2. The first-order chi connectivity index (χ1) is 10.8. The van der Waals surface area contributed by atoms with Gasteiger partial charge < -0.3 is 10.6 Å². The number of anilines is 1. The number of aromatic nitrogens is 2. The number of carbonyl (C=O) groups excluding carboxylic acids is 1. The maximum atomic E-state index is 12.7. The molecule has 0 atom stereocenters. The van der Waals surface area contributed by atoms with Crippen molar-refractivity contribution in [2.24, 2.45) is 0 Å². The van der Waals surface area contributed by atoms with Gasteiger partial charge in [0.25, 0.3) is 0 Å². The number of benzene rings is 1. The highest BCUT2D eigenvalue weighted by Gasteiger charge is 2.30. The second-order valence-corrected chi connectivity index (χ2v) is 5.16. The molecule has 2 aromatic rings. The van der Waals surface area contributed by atoms with Crippen molar-refractivity contribution in [2.75, 3.05) is 12.4 Å². The van der Waals surface area contributed by atoms with E-state index in [1.165, 1.54) is 24.0 Å². The fourth-order valence-electron chi connectivity index (χ4n) is 1.85. The van der Waals surface area contributed by atoms with E-state index in [-0.39, 0.29) is 24.0 Å². The fourth-order valence-corrected chi connectivity index (χ4v) is 2.04. The van der Waals surface area contributed by atoms with Crippen LogP contribution in [0.1, 0.15) is 11.1 Å². The van der Waals surface area contributed by atoms with Crippen molar-refractivity contribution < 1.29 is 18.0 Å². The van der Waals surface area contributed by atoms with Crippen LogP contribution < -0.4 is 10.6 Å². The third-order valence-corrected chi connectivity index (χ3v) is 3.44. The van der Waals surface area contributed by atoms with Gasteiger partial charge in [-0.2, -0.15) is 18.3 Å². The summed E-state index contributed by atoms with van der Waals surface area (Å²) < 4.78 is 39.5. The van der Waals surface area contributed by atoms with E-state index in [0.717, 1.165) is 12.1 Å². The van der Waals surface area contributed by atoms with E-state index < -0.39 is 11.7 Å². The molecule has 0 fully saturated rings. The maximum Gasteiger partial charge on any atom is 0.416 e. The van der Waals surface area contributed by atoms with Crippen molar-refractivity contribution in [3.63, 3.8) is 0 Å². The van der Waals surface area contributed by atoms with Crippen LogP contribution in [0.2, 0.25) is 5.02 Å². The van der Waals surface area contributed by atoms with Crippen molar-refractivity contribution in [3.05, 3.63) is 46.7 Å². The smallest absolute Gasteiger partial charge is 0.378 e. The molecule has 9 heteroatoms. The third kappa shape index (κ3) is 4.62. The number of hydrogen-bond acceptors (Lipinski definition) is 3. The first kappa shape index (κ1) is 17.1. The Hall–Kier alpha value is -2.22. The molecule has 0 radical (unpaired) electrons. The Morgan fingerprint density at radius 3 is 2.78 bits per heavy atom. The van der Waals surface area contributed by atoms with Crippen LogP contribution in [-0.2, 0) is 24.1 Å². The average Bonchev–Trinajstić information content (AvgIpc) is 2.92. The quantitative estimate of drug-likeness (QED) is 0.875. The van der Waals surface area contributed by atoms with E-state index in [2.05, 4.69) is 15.7 Å². The second kappa shape index (κ2) is 6.91. The second-order valence-electron chi connectivity index (χ2n) is 4.76. The van der Waals surface area contributed by atoms with Gasteiger partial charge in [-0.3, -0.25) is 9.48 Å². The molecule has 2 rings (SSSR count). The van der Waals surface area contributed by atoms with Crippen molar-refractivity contribution >= 4 is 23.2 Å². The Morgan fingerprint density at radius 1 is 1.39 bits per heavy atom. The van der Waals surface area contributed by atoms with Crippen LogP contribution in [0, 0.1) is 0 Å². The molecule has 1 amide bonds. The van der Waals surface area contributed by atoms with Gasteiger partial charge in [-0.05, 0) is 23.8 Å². The summed E-state index contributed by atoms with van der Waals surface area (Å²) >= 11 is 5.92. The van der Waals surface area contributed by atoms with Gasteiger partial charge in [0.2, 0.25) is 5.91 Å². The molecule has 124 valence electrons. The molecule has 0 bridgehead atoms. The highest BCUT2D eigenvalue weighted by Crippen LogP contribution is 2.32. The van der Waals surface area contributed by atoms with Crippen LogP contribution in [-0.4, -0.2) is 22.7 Å². The summed E-state index contributed by atoms with van der Waals surface area (Å²) in [7, 11) is 1.51. The molecule has 0 spiro atoms. The SMILES string of the molecule is CNC(=O)Cn1cc(NCc2cc(C(F)(F)F)ccc2Cl)cn1. The normalized spacial score (nSPS) is 11.3. The van der Waals surface area contributed by atoms with E-state index in [9.17, 15) is 18.0 Å². The van der Waals surface area contributed by atoms with Gasteiger partial charge in [0.15, 0.2) is 0 Å². The summed E-state index contributed by atoms with van der Waals surface area (Å²) in [5.41, 5.74) is 0.136. The molecule has 2 N–H and O–H groups in total. The lowest BCUT2D eigenvalue weighted by Crippen LogP contribution is -2.23. The zero-order valence-electron chi connectivity index (χ0n) is 12.1. The van der Waals surface area contributed by atoms with Gasteiger partial charge in [0.05, 0.1) is 17.4 Å². The number of carbonyl (C=O) groups is 1. The standard InChI is InChI=1S/C14H14ClF3N4O/c1-19-13(23)8-22-7-11(6-21-22)20-5-9-4-10(14(16,17)18)2-3-12(9)15/h2-4,6-7,20H,5,8H2,1H3,(H,19,23). The lowest BCUT2D eigenvalue weighted by atomic mass is 10.1. The minimum Gasteiger partial charge on any atom is -0.378 e. The number of amides is 1. The minimum absolute atomic E-state index is 0.0580. The highest BCUT2D eigenvalue weighted by molar-refractivity contribution is 6.31. The Bertz CT molecular complexity index is 700. The first-order valence-electron chi connectivity index (χ1n) is 6.62. The molecule has 1 aromatic carbocycles. The predicted molar refractivity (Wildman–Crippen MR) is 80.1 cm³/mol. The van der Waals surface area contributed by atoms with Gasteiger partial charge >= 0.3 is 6.18 Å². The van der Waals surface area contributed by atoms with Gasteiger partial charge in [-0.15, -0.1) is 0 Å². The summed E-state index contributed by atoms with van der Waals surface area (Å²) in [5.74, 6) is -0.208. The molecular weight excluding hydrogens is 333 g/mol. The molecule has 5 nitrogen and oxygen atoms in total. The number of rotatable bonds is 5. The number of halogens is 4. The topological polar surface area (TPSA) is 59.0 Å². The molecule has 0 aliphatic heterocycles. The molecule has 0 aliphatic carbocycles. The molecule has 0 saturated heterocycles. The third-order valence-electron chi connectivity index (χ3n) is 3.07. The van der Waals surface area contributed by atoms with Crippen LogP contribution in [0.3, 0.4) is 0 Å². The molecule has 23 heavy (non-hydrogen) atoms. The van der Waals surface area contributed by atoms with Crippen molar-refractivity contribution in [1.29, 1.82) is 0 Å². The lowest BCUT2D eigenvalue weighted by Gasteiger charge is -2.11. The van der Waals surface area contributed by atoms with Gasteiger partial charge in [-0.1, -0.05) is 11.6 Å². The number of nitrogens with zero attached hydrogens (tertiary/aromatic N) is 2. The number of likely N-dealkylation sites (N-methyl/N-ethyl adjacent to an activating group) is 1. The fraction of sp³-hybridized carbons (Fsp3) is 0.286. The molecule has 0 aliphatic rings. The monoisotopic (exact) mass is 346 g/mol. The van der Waals surface area contributed by atoms with Crippen LogP contribution in [0.15, 0.2) is 30.6 Å². The Morgan fingerprint density at radius 2 is 2.13 bits per heavy atom. The minimum atomic E-state index is -4.42. The highest BCUT2D eigenvalue weighted by atomic mass is 35.5. The Balaban J connectivity index is 2.05. The van der Waals surface area contributed by atoms with Gasteiger partial charge in [-0.25, -0.2) is 0 Å². The summed E-state index contributed by atoms with van der Waals surface area (Å²) in [5, 5.41) is 9.60. The van der Waals surface area contributed by atoms with E-state index in [0.29, 0.717) is 11.3 Å². The predicted octanol–water partition coefficient (Wildman–Crippen LogP) is 2.91. The lowest BCUT2D eigenvalue weighted by molar-refractivity contribution is -0.137. The molecule has 0 unspecified atom stereocenters. The number of nitrogens with one attached hydrogen (secondary N) is 2. The van der Waals surface area contributed by atoms with Gasteiger partial charge in [0.1, 0.15) is 6.54 Å². The summed E-state index contributed by atoms with van der Waals surface area (Å²) in [6.45, 7) is 0.164. The largest absolute Gasteiger partial charge is 0.416 e. The molecule has 1 aromatic heterocycles. The van der Waals surface area contributed by atoms with E-state index >= 15 is 0 Å². The van der Waals surface area contributed by atoms with Crippen molar-refractivity contribution in [2.45, 2.75) is 19.3 Å². The summed E-state index contributed by atoms with van der Waals surface area (Å²) in [6.07, 6.45) is -1.36. The zero-order valence-corrected chi connectivity index (χ0v) is 12.9. The first-order valence-corrected chi connectivity index (χ1v) is 7.00. The van der Waals surface area contributed by atoms with Crippen molar-refractivity contribution in [3.8, 4) is 0 Å². The molecule has 1 heterocycles. The Kier molecular flexibility index (Phi) is 5.15. The molecular formula is C14H14ClF3N4O. The molecule has 0 saturated carbocycles. The Labute approximate surface area is 135 Å². The average molecular weight is 347 g/mol. The summed E-state index contributed by atoms with van der Waals surface area (Å²) in [4.78, 5) is 11.2. The van der Waals surface area contributed by atoms with Crippen LogP contribution in [0.4, 0.5) is 18.9 Å². The van der Waals surface area contributed by atoms with Crippen LogP contribution in [0.25, 0.3) is 0 Å². The maximum absolute atomic E-state index is 12.7. The van der Waals surface area contributed by atoms with Crippen LogP contribution >= 0.6 is 11.6 Å².